The Hall–Kier alpha value is -0.560. The van der Waals surface area contributed by atoms with Crippen molar-refractivity contribution in [3.05, 3.63) is 23.3 Å². The van der Waals surface area contributed by atoms with Crippen molar-refractivity contribution in [2.24, 2.45) is 17.1 Å². The van der Waals surface area contributed by atoms with Gasteiger partial charge in [-0.3, -0.25) is 0 Å². The molecule has 1 nitrogen and oxygen atoms in total. The summed E-state index contributed by atoms with van der Waals surface area (Å²) in [4.78, 5) is 0. The molecule has 1 heteroatoms. The van der Waals surface area contributed by atoms with Crippen molar-refractivity contribution in [3.8, 4) is 0 Å². The first kappa shape index (κ1) is 11.5. The standard InChI is InChI=1S/C13H23N/c1-9-7-11(12(3,4)5)8-10(2)13(9,6)14/h7-9H,14H2,1-6H3. The Kier molecular flexibility index (Phi) is 2.66. The molecule has 0 fully saturated rings. The van der Waals surface area contributed by atoms with Crippen LogP contribution in [0.15, 0.2) is 23.3 Å². The highest BCUT2D eigenvalue weighted by Gasteiger charge is 2.32. The van der Waals surface area contributed by atoms with Gasteiger partial charge in [-0.05, 0) is 30.8 Å². The number of rotatable bonds is 0. The molecular weight excluding hydrogens is 170 g/mol. The van der Waals surface area contributed by atoms with E-state index in [0.717, 1.165) is 0 Å². The summed E-state index contributed by atoms with van der Waals surface area (Å²) in [6.45, 7) is 13.2. The zero-order chi connectivity index (χ0) is 11.1. The van der Waals surface area contributed by atoms with Gasteiger partial charge in [-0.2, -0.15) is 0 Å². The van der Waals surface area contributed by atoms with E-state index < -0.39 is 0 Å². The normalized spacial score (nSPS) is 33.8. The van der Waals surface area contributed by atoms with Gasteiger partial charge < -0.3 is 5.73 Å². The summed E-state index contributed by atoms with van der Waals surface area (Å²) in [5.41, 5.74) is 9.01. The molecule has 0 radical (unpaired) electrons. The molecule has 0 amide bonds. The third-order valence-electron chi connectivity index (χ3n) is 3.46. The lowest BCUT2D eigenvalue weighted by molar-refractivity contribution is 0.408. The topological polar surface area (TPSA) is 26.0 Å². The van der Waals surface area contributed by atoms with E-state index >= 15 is 0 Å². The lowest BCUT2D eigenvalue weighted by atomic mass is 9.72. The highest BCUT2D eigenvalue weighted by Crippen LogP contribution is 2.37. The Morgan fingerprint density at radius 3 is 2.21 bits per heavy atom. The lowest BCUT2D eigenvalue weighted by Gasteiger charge is -2.37. The molecule has 1 aliphatic carbocycles. The van der Waals surface area contributed by atoms with Crippen LogP contribution in [-0.2, 0) is 0 Å². The highest BCUT2D eigenvalue weighted by atomic mass is 14.7. The summed E-state index contributed by atoms with van der Waals surface area (Å²) >= 11 is 0. The van der Waals surface area contributed by atoms with Crippen molar-refractivity contribution in [2.75, 3.05) is 0 Å². The van der Waals surface area contributed by atoms with Crippen molar-refractivity contribution in [2.45, 2.75) is 47.1 Å². The minimum atomic E-state index is -0.172. The van der Waals surface area contributed by atoms with Gasteiger partial charge in [0.1, 0.15) is 0 Å². The average molecular weight is 193 g/mol. The molecule has 0 aromatic carbocycles. The molecule has 2 atom stereocenters. The number of nitrogens with two attached hydrogens (primary N) is 1. The van der Waals surface area contributed by atoms with E-state index in [-0.39, 0.29) is 11.0 Å². The predicted molar refractivity (Wildman–Crippen MR) is 63.1 cm³/mol. The summed E-state index contributed by atoms with van der Waals surface area (Å²) in [5.74, 6) is 0.418. The molecule has 2 N–H and O–H groups in total. The molecule has 0 heterocycles. The lowest BCUT2D eigenvalue weighted by Crippen LogP contribution is -2.45. The molecule has 0 aromatic heterocycles. The van der Waals surface area contributed by atoms with E-state index in [9.17, 15) is 0 Å². The summed E-state index contributed by atoms with van der Waals surface area (Å²) in [5, 5.41) is 0. The van der Waals surface area contributed by atoms with Crippen LogP contribution in [0.3, 0.4) is 0 Å². The van der Waals surface area contributed by atoms with Gasteiger partial charge in [0.25, 0.3) is 0 Å². The second-order valence-electron chi connectivity index (χ2n) is 5.77. The fourth-order valence-corrected chi connectivity index (χ4v) is 1.70. The Balaban J connectivity index is 3.09. The monoisotopic (exact) mass is 193 g/mol. The van der Waals surface area contributed by atoms with Crippen molar-refractivity contribution < 1.29 is 0 Å². The van der Waals surface area contributed by atoms with Crippen LogP contribution in [0.1, 0.15) is 41.5 Å². The minimum absolute atomic E-state index is 0.172. The van der Waals surface area contributed by atoms with Crippen molar-refractivity contribution in [1.29, 1.82) is 0 Å². The Morgan fingerprint density at radius 1 is 1.36 bits per heavy atom. The summed E-state index contributed by atoms with van der Waals surface area (Å²) in [6, 6.07) is 0. The Bertz CT molecular complexity index is 287. The van der Waals surface area contributed by atoms with Gasteiger partial charge in [-0.15, -0.1) is 0 Å². The van der Waals surface area contributed by atoms with Gasteiger partial charge in [-0.25, -0.2) is 0 Å². The average Bonchev–Trinajstić information content (AvgIpc) is 1.98. The third-order valence-corrected chi connectivity index (χ3v) is 3.46. The molecule has 2 unspecified atom stereocenters. The first-order valence-corrected chi connectivity index (χ1v) is 5.35. The van der Waals surface area contributed by atoms with Gasteiger partial charge in [0, 0.05) is 5.54 Å². The van der Waals surface area contributed by atoms with Crippen LogP contribution in [0.4, 0.5) is 0 Å². The number of hydrogen-bond acceptors (Lipinski definition) is 1. The fraction of sp³-hybridized carbons (Fsp3) is 0.692. The molecule has 0 aliphatic heterocycles. The van der Waals surface area contributed by atoms with Gasteiger partial charge in [0.2, 0.25) is 0 Å². The molecule has 0 spiro atoms. The SMILES string of the molecule is CC1=CC(C(C)(C)C)=CC(C)C1(C)N. The zero-order valence-electron chi connectivity index (χ0n) is 10.3. The van der Waals surface area contributed by atoms with E-state index in [0.29, 0.717) is 5.92 Å². The van der Waals surface area contributed by atoms with Crippen LogP contribution in [0, 0.1) is 11.3 Å². The van der Waals surface area contributed by atoms with E-state index in [1.165, 1.54) is 11.1 Å². The summed E-state index contributed by atoms with van der Waals surface area (Å²) in [6.07, 6.45) is 4.56. The van der Waals surface area contributed by atoms with E-state index in [1.807, 2.05) is 0 Å². The second kappa shape index (κ2) is 3.23. The maximum atomic E-state index is 6.26. The van der Waals surface area contributed by atoms with Gasteiger partial charge in [0.15, 0.2) is 0 Å². The third kappa shape index (κ3) is 1.93. The molecule has 0 bridgehead atoms. The largest absolute Gasteiger partial charge is 0.321 e. The van der Waals surface area contributed by atoms with Crippen molar-refractivity contribution >= 4 is 0 Å². The zero-order valence-corrected chi connectivity index (χ0v) is 10.3. The van der Waals surface area contributed by atoms with Crippen LogP contribution in [0.5, 0.6) is 0 Å². The second-order valence-corrected chi connectivity index (χ2v) is 5.77. The smallest absolute Gasteiger partial charge is 0.0401 e. The Labute approximate surface area is 88.1 Å². The first-order chi connectivity index (χ1) is 6.15. The van der Waals surface area contributed by atoms with E-state index in [1.54, 1.807) is 0 Å². The van der Waals surface area contributed by atoms with Gasteiger partial charge >= 0.3 is 0 Å². The van der Waals surface area contributed by atoms with Crippen LogP contribution in [-0.4, -0.2) is 5.54 Å². The minimum Gasteiger partial charge on any atom is -0.321 e. The van der Waals surface area contributed by atoms with Crippen LogP contribution >= 0.6 is 0 Å². The molecule has 80 valence electrons. The first-order valence-electron chi connectivity index (χ1n) is 5.35. The molecule has 14 heavy (non-hydrogen) atoms. The molecule has 0 saturated carbocycles. The maximum Gasteiger partial charge on any atom is 0.0401 e. The fourth-order valence-electron chi connectivity index (χ4n) is 1.70. The summed E-state index contributed by atoms with van der Waals surface area (Å²) in [7, 11) is 0. The predicted octanol–water partition coefficient (Wildman–Crippen LogP) is 3.27. The molecule has 1 aliphatic rings. The molecule has 0 saturated heterocycles. The van der Waals surface area contributed by atoms with Crippen LogP contribution in [0.25, 0.3) is 0 Å². The van der Waals surface area contributed by atoms with Crippen LogP contribution in [0.2, 0.25) is 0 Å². The van der Waals surface area contributed by atoms with E-state index in [2.05, 4.69) is 53.7 Å². The maximum absolute atomic E-state index is 6.26. The summed E-state index contributed by atoms with van der Waals surface area (Å²) < 4.78 is 0. The molecule has 1 rings (SSSR count). The van der Waals surface area contributed by atoms with E-state index in [4.69, 9.17) is 5.73 Å². The Morgan fingerprint density at radius 2 is 1.86 bits per heavy atom. The molecular formula is C13H23N. The molecule has 0 aromatic rings. The van der Waals surface area contributed by atoms with Gasteiger partial charge in [0.05, 0.1) is 0 Å². The van der Waals surface area contributed by atoms with Gasteiger partial charge in [-0.1, -0.05) is 45.4 Å². The van der Waals surface area contributed by atoms with Crippen molar-refractivity contribution in [1.82, 2.24) is 0 Å². The van der Waals surface area contributed by atoms with Crippen molar-refractivity contribution in [3.63, 3.8) is 0 Å². The van der Waals surface area contributed by atoms with Crippen LogP contribution < -0.4 is 5.73 Å². The highest BCUT2D eigenvalue weighted by molar-refractivity contribution is 5.38. The number of hydrogen-bond donors (Lipinski definition) is 1. The quantitative estimate of drug-likeness (QED) is 0.628. The number of allylic oxidation sites excluding steroid dienone is 2.